The van der Waals surface area contributed by atoms with E-state index in [2.05, 4.69) is 4.18 Å². The lowest BCUT2D eigenvalue weighted by Crippen LogP contribution is -2.30. The average Bonchev–Trinajstić information content (AvgIpc) is 2.84. The van der Waals surface area contributed by atoms with E-state index in [0.717, 1.165) is 0 Å². The number of hydrogen-bond donors (Lipinski definition) is 0. The van der Waals surface area contributed by atoms with Crippen molar-refractivity contribution in [3.8, 4) is 0 Å². The molecule has 3 aliphatic rings. The number of alkyl halides is 3. The molecule has 0 spiro atoms. The average molecular weight is 336 g/mol. The van der Waals surface area contributed by atoms with Gasteiger partial charge in [0.2, 0.25) is 10.3 Å². The lowest BCUT2D eigenvalue weighted by atomic mass is 9.98. The minimum atomic E-state index is -6.13. The fraction of sp³-hybridized carbons (Fsp3) is 1.00. The van der Waals surface area contributed by atoms with Gasteiger partial charge in [-0.05, 0) is 18.8 Å². The van der Waals surface area contributed by atoms with E-state index in [9.17, 15) is 30.0 Å². The number of rotatable bonds is 4. The van der Waals surface area contributed by atoms with Gasteiger partial charge in [0, 0.05) is 5.92 Å². The molecule has 5 unspecified atom stereocenters. The molecule has 1 saturated heterocycles. The molecule has 2 bridgehead atoms. The summed E-state index contributed by atoms with van der Waals surface area (Å²) in [7, 11) is -11.3. The van der Waals surface area contributed by atoms with Crippen LogP contribution in [0.4, 0.5) is 13.2 Å². The molecule has 7 nitrogen and oxygen atoms in total. The summed E-state index contributed by atoms with van der Waals surface area (Å²) >= 11 is 0. The Balaban J connectivity index is 1.68. The standard InChI is InChI=1S/C8H9F3NO6S2/c9-8(10,11)19(13,14)12-20(15,16)18-5-2-3-1-4(5)7-6(3)17-7/h3-7H,1-2H2/q-1. The van der Waals surface area contributed by atoms with Crippen LogP contribution in [0.25, 0.3) is 4.13 Å². The summed E-state index contributed by atoms with van der Waals surface area (Å²) in [5, 5.41) is 0. The second-order valence-electron chi connectivity index (χ2n) is 5.02. The van der Waals surface area contributed by atoms with E-state index < -0.39 is 31.9 Å². The van der Waals surface area contributed by atoms with Crippen LogP contribution in [0.15, 0.2) is 0 Å². The van der Waals surface area contributed by atoms with E-state index >= 15 is 0 Å². The predicted molar refractivity (Wildman–Crippen MR) is 57.0 cm³/mol. The van der Waals surface area contributed by atoms with Crippen LogP contribution in [-0.4, -0.2) is 40.7 Å². The molecule has 2 aliphatic carbocycles. The van der Waals surface area contributed by atoms with E-state index in [1.54, 1.807) is 0 Å². The van der Waals surface area contributed by atoms with Crippen LogP contribution in [0.1, 0.15) is 12.8 Å². The highest BCUT2D eigenvalue weighted by molar-refractivity contribution is 8.10. The van der Waals surface area contributed by atoms with Crippen molar-refractivity contribution in [3.63, 3.8) is 0 Å². The van der Waals surface area contributed by atoms with Crippen molar-refractivity contribution < 1.29 is 38.9 Å². The molecule has 116 valence electrons. The van der Waals surface area contributed by atoms with E-state index in [1.807, 2.05) is 4.13 Å². The van der Waals surface area contributed by atoms with Crippen LogP contribution in [0.5, 0.6) is 0 Å². The SMILES string of the molecule is O=S(=O)([N-]S(=O)(=O)C(F)(F)F)OC1CC2CC1C1OC21. The molecule has 0 amide bonds. The Morgan fingerprint density at radius 3 is 2.25 bits per heavy atom. The van der Waals surface area contributed by atoms with Gasteiger partial charge in [0.1, 0.15) is 0 Å². The molecule has 12 heteroatoms. The van der Waals surface area contributed by atoms with Crippen molar-refractivity contribution in [1.82, 2.24) is 0 Å². The number of fused-ring (bicyclic) bond motifs is 5. The van der Waals surface area contributed by atoms with Gasteiger partial charge in [-0.15, -0.1) is 0 Å². The molecule has 1 aliphatic heterocycles. The summed E-state index contributed by atoms with van der Waals surface area (Å²) in [5.74, 6) is -0.118. The lowest BCUT2D eigenvalue weighted by Gasteiger charge is -2.26. The summed E-state index contributed by atoms with van der Waals surface area (Å²) in [4.78, 5) is 0. The van der Waals surface area contributed by atoms with E-state index in [4.69, 9.17) is 4.74 Å². The van der Waals surface area contributed by atoms with E-state index in [-0.39, 0.29) is 24.0 Å². The number of hydrogen-bond acceptors (Lipinski definition) is 6. The molecule has 0 N–H and O–H groups in total. The topological polar surface area (TPSA) is 104 Å². The highest BCUT2D eigenvalue weighted by Gasteiger charge is 2.64. The van der Waals surface area contributed by atoms with Crippen LogP contribution < -0.4 is 0 Å². The molecule has 0 aromatic carbocycles. The highest BCUT2D eigenvalue weighted by Crippen LogP contribution is 2.57. The molecular weight excluding hydrogens is 327 g/mol. The summed E-state index contributed by atoms with van der Waals surface area (Å²) < 4.78 is 91.9. The number of sulfonamides is 1. The van der Waals surface area contributed by atoms with E-state index in [1.165, 1.54) is 0 Å². The first kappa shape index (κ1) is 14.5. The minimum absolute atomic E-state index is 0.0819. The molecule has 0 radical (unpaired) electrons. The molecule has 3 fully saturated rings. The van der Waals surface area contributed by atoms with Crippen molar-refractivity contribution in [2.45, 2.75) is 36.7 Å². The van der Waals surface area contributed by atoms with Gasteiger partial charge in [-0.1, -0.05) is 0 Å². The maximum atomic E-state index is 12.1. The lowest BCUT2D eigenvalue weighted by molar-refractivity contribution is -0.0425. The van der Waals surface area contributed by atoms with Crippen molar-refractivity contribution in [3.05, 3.63) is 4.13 Å². The van der Waals surface area contributed by atoms with Crippen LogP contribution in [0.3, 0.4) is 0 Å². The first-order chi connectivity index (χ1) is 9.00. The summed E-state index contributed by atoms with van der Waals surface area (Å²) in [6, 6.07) is 0. The summed E-state index contributed by atoms with van der Waals surface area (Å²) in [6.07, 6.45) is 0.0567. The largest absolute Gasteiger partial charge is 0.480 e. The van der Waals surface area contributed by atoms with Crippen LogP contribution >= 0.6 is 0 Å². The van der Waals surface area contributed by atoms with Gasteiger partial charge >= 0.3 is 5.51 Å². The van der Waals surface area contributed by atoms with Gasteiger partial charge in [0.25, 0.3) is 0 Å². The van der Waals surface area contributed by atoms with Crippen molar-refractivity contribution in [1.29, 1.82) is 0 Å². The molecule has 1 heterocycles. The second-order valence-corrected chi connectivity index (χ2v) is 8.08. The van der Waals surface area contributed by atoms with Gasteiger partial charge in [0.15, 0.2) is 10.0 Å². The first-order valence-electron chi connectivity index (χ1n) is 5.64. The maximum absolute atomic E-state index is 12.1. The minimum Gasteiger partial charge on any atom is -0.404 e. The monoisotopic (exact) mass is 336 g/mol. The molecular formula is C8H9F3NO6S2-. The van der Waals surface area contributed by atoms with Gasteiger partial charge in [0.05, 0.1) is 18.3 Å². The number of nitrogens with zero attached hydrogens (tertiary/aromatic N) is 1. The first-order valence-corrected chi connectivity index (χ1v) is 8.45. The van der Waals surface area contributed by atoms with Crippen molar-refractivity contribution in [2.75, 3.05) is 0 Å². The summed E-state index contributed by atoms with van der Waals surface area (Å²) in [6.45, 7) is 0. The third-order valence-corrected chi connectivity index (χ3v) is 6.35. The molecule has 0 aromatic rings. The summed E-state index contributed by atoms with van der Waals surface area (Å²) in [5.41, 5.74) is -5.77. The Labute approximate surface area is 112 Å². The van der Waals surface area contributed by atoms with E-state index in [0.29, 0.717) is 12.8 Å². The van der Waals surface area contributed by atoms with Crippen LogP contribution in [-0.2, 0) is 29.2 Å². The molecule has 0 aromatic heterocycles. The zero-order valence-corrected chi connectivity index (χ0v) is 11.3. The fourth-order valence-electron chi connectivity index (χ4n) is 2.99. The third-order valence-electron chi connectivity index (χ3n) is 3.76. The normalized spacial score (nSPS) is 39.9. The van der Waals surface area contributed by atoms with Crippen molar-refractivity contribution in [2.24, 2.45) is 11.8 Å². The molecule has 2 saturated carbocycles. The van der Waals surface area contributed by atoms with Gasteiger partial charge in [-0.2, -0.15) is 13.2 Å². The molecule has 5 atom stereocenters. The number of ether oxygens (including phenoxy) is 1. The van der Waals surface area contributed by atoms with Gasteiger partial charge < -0.3 is 8.86 Å². The third kappa shape index (κ3) is 2.32. The zero-order valence-electron chi connectivity index (χ0n) is 9.65. The number of epoxide rings is 1. The molecule has 20 heavy (non-hydrogen) atoms. The maximum Gasteiger partial charge on any atom is 0.480 e. The fourth-order valence-corrected chi connectivity index (χ4v) is 4.97. The second kappa shape index (κ2) is 4.06. The Kier molecular flexibility index (Phi) is 2.95. The Hall–Kier alpha value is -0.430. The van der Waals surface area contributed by atoms with Crippen LogP contribution in [0.2, 0.25) is 0 Å². The predicted octanol–water partition coefficient (Wildman–Crippen LogP) is 0.647. The number of halogens is 3. The zero-order chi connectivity index (χ0) is 14.9. The Morgan fingerprint density at radius 2 is 1.75 bits per heavy atom. The highest BCUT2D eigenvalue weighted by atomic mass is 32.3. The Morgan fingerprint density at radius 1 is 1.10 bits per heavy atom. The van der Waals surface area contributed by atoms with Gasteiger partial charge in [-0.3, -0.25) is 4.18 Å². The van der Waals surface area contributed by atoms with Crippen molar-refractivity contribution >= 4 is 20.3 Å². The molecule has 3 rings (SSSR count). The Bertz CT molecular complexity index is 629. The smallest absolute Gasteiger partial charge is 0.404 e. The van der Waals surface area contributed by atoms with Crippen LogP contribution in [0, 0.1) is 11.8 Å². The van der Waals surface area contributed by atoms with Gasteiger partial charge in [-0.25, -0.2) is 16.8 Å². The quantitative estimate of drug-likeness (QED) is 0.698.